The molecule has 1 unspecified atom stereocenters. The van der Waals surface area contributed by atoms with Crippen LogP contribution in [0.4, 0.5) is 0 Å². The van der Waals surface area contributed by atoms with Crippen LogP contribution in [0.25, 0.3) is 0 Å². The van der Waals surface area contributed by atoms with Gasteiger partial charge in [0, 0.05) is 0 Å². The summed E-state index contributed by atoms with van der Waals surface area (Å²) in [6.07, 6.45) is 26.0. The molecule has 0 aliphatic carbocycles. The van der Waals surface area contributed by atoms with Crippen molar-refractivity contribution in [1.29, 1.82) is 0 Å². The maximum Gasteiger partial charge on any atom is 0.328 e. The number of unbranched alkanes of at least 4 members (excludes halogenated alkanes) is 24. The number of aliphatic carboxylic acids is 2. The number of rotatable bonds is 34. The van der Waals surface area contributed by atoms with Gasteiger partial charge in [0.1, 0.15) is 5.41 Å². The van der Waals surface area contributed by atoms with Crippen LogP contribution >= 0.6 is 0 Å². The first-order valence-electron chi connectivity index (χ1n) is 19.0. The summed E-state index contributed by atoms with van der Waals surface area (Å²) in [4.78, 5) is 26.2. The van der Waals surface area contributed by atoms with Crippen LogP contribution in [0.1, 0.15) is 213 Å². The molecule has 7 nitrogen and oxygen atoms in total. The number of carboxylic acid groups (broad SMARTS) is 2. The van der Waals surface area contributed by atoms with Gasteiger partial charge in [0.15, 0.2) is 0 Å². The second-order valence-electron chi connectivity index (χ2n) is 13.7. The Morgan fingerprint density at radius 2 is 0.667 bits per heavy atom. The SMILES string of the molecule is CCCCCCCCCCCC(CCCCCCCCCCC)(C(=O)O)C(CCCCCCCCCCC)(C(=O)O)S(=O)(=O)O. The summed E-state index contributed by atoms with van der Waals surface area (Å²) in [5.41, 5.74) is -2.07. The number of carbonyl (C=O) groups is 2. The first-order chi connectivity index (χ1) is 21.6. The van der Waals surface area contributed by atoms with Gasteiger partial charge in [-0.3, -0.25) is 14.1 Å². The summed E-state index contributed by atoms with van der Waals surface area (Å²) in [5, 5.41) is 21.3. The fourth-order valence-electron chi connectivity index (χ4n) is 7.11. The van der Waals surface area contributed by atoms with Crippen molar-refractivity contribution in [2.24, 2.45) is 5.41 Å². The maximum atomic E-state index is 13.2. The van der Waals surface area contributed by atoms with E-state index in [1.807, 2.05) is 0 Å². The van der Waals surface area contributed by atoms with Gasteiger partial charge in [0.2, 0.25) is 4.75 Å². The van der Waals surface area contributed by atoms with E-state index in [0.29, 0.717) is 19.3 Å². The van der Waals surface area contributed by atoms with E-state index < -0.39 is 32.2 Å². The Morgan fingerprint density at radius 1 is 0.422 bits per heavy atom. The van der Waals surface area contributed by atoms with Crippen LogP contribution in [-0.4, -0.2) is 39.9 Å². The molecule has 1 atom stereocenters. The van der Waals surface area contributed by atoms with Crippen molar-refractivity contribution in [3.63, 3.8) is 0 Å². The first kappa shape index (κ1) is 43.9. The Hall–Kier alpha value is -1.15. The predicted molar refractivity (Wildman–Crippen MR) is 188 cm³/mol. The van der Waals surface area contributed by atoms with E-state index in [4.69, 9.17) is 0 Å². The summed E-state index contributed by atoms with van der Waals surface area (Å²) < 4.78 is 34.2. The van der Waals surface area contributed by atoms with Crippen molar-refractivity contribution in [3.8, 4) is 0 Å². The Balaban J connectivity index is 5.71. The van der Waals surface area contributed by atoms with Crippen molar-refractivity contribution < 1.29 is 32.8 Å². The minimum absolute atomic E-state index is 0.0568. The minimum atomic E-state index is -5.24. The maximum absolute atomic E-state index is 13.2. The van der Waals surface area contributed by atoms with Crippen LogP contribution in [0.3, 0.4) is 0 Å². The molecule has 0 fully saturated rings. The molecule has 8 heteroatoms. The van der Waals surface area contributed by atoms with Gasteiger partial charge in [-0.25, -0.2) is 0 Å². The molecular weight excluding hydrogens is 588 g/mol. The Labute approximate surface area is 277 Å². The Morgan fingerprint density at radius 3 is 0.889 bits per heavy atom. The van der Waals surface area contributed by atoms with Crippen molar-refractivity contribution in [1.82, 2.24) is 0 Å². The second-order valence-corrected chi connectivity index (χ2v) is 15.4. The fourth-order valence-corrected chi connectivity index (χ4v) is 8.52. The van der Waals surface area contributed by atoms with Crippen LogP contribution < -0.4 is 0 Å². The topological polar surface area (TPSA) is 129 Å². The molecule has 0 rings (SSSR count). The van der Waals surface area contributed by atoms with Gasteiger partial charge in [-0.2, -0.15) is 8.42 Å². The summed E-state index contributed by atoms with van der Waals surface area (Å²) in [7, 11) is -5.24. The van der Waals surface area contributed by atoms with E-state index in [1.54, 1.807) is 0 Å². The van der Waals surface area contributed by atoms with E-state index in [0.717, 1.165) is 77.0 Å². The lowest BCUT2D eigenvalue weighted by Crippen LogP contribution is -2.62. The molecule has 0 aromatic rings. The zero-order valence-corrected chi connectivity index (χ0v) is 30.4. The lowest BCUT2D eigenvalue weighted by Gasteiger charge is -2.43. The van der Waals surface area contributed by atoms with Crippen LogP contribution in [0.2, 0.25) is 0 Å². The van der Waals surface area contributed by atoms with Crippen molar-refractivity contribution in [2.75, 3.05) is 0 Å². The largest absolute Gasteiger partial charge is 0.481 e. The highest BCUT2D eigenvalue weighted by molar-refractivity contribution is 7.88. The van der Waals surface area contributed by atoms with Crippen LogP contribution in [-0.2, 0) is 19.7 Å². The standard InChI is InChI=1S/C37H72O7S/c1-4-7-10-13-16-19-22-25-28-31-36(34(38)39,32-29-26-23-20-17-14-11-8-5-2)37(35(40)41,45(42,43)44)33-30-27-24-21-18-15-12-9-6-3/h4-33H2,1-3H3,(H,38,39)(H,40,41)(H,42,43,44). The van der Waals surface area contributed by atoms with E-state index >= 15 is 0 Å². The van der Waals surface area contributed by atoms with E-state index in [9.17, 15) is 32.8 Å². The first-order valence-corrected chi connectivity index (χ1v) is 20.4. The number of hydrogen-bond acceptors (Lipinski definition) is 4. The molecule has 0 aromatic heterocycles. The van der Waals surface area contributed by atoms with Crippen molar-refractivity contribution in [3.05, 3.63) is 0 Å². The van der Waals surface area contributed by atoms with Gasteiger partial charge >= 0.3 is 11.9 Å². The van der Waals surface area contributed by atoms with Gasteiger partial charge < -0.3 is 10.2 Å². The molecule has 0 radical (unpaired) electrons. The molecule has 0 aromatic carbocycles. The third-order valence-electron chi connectivity index (χ3n) is 10.0. The van der Waals surface area contributed by atoms with Crippen LogP contribution in [0, 0.1) is 5.41 Å². The van der Waals surface area contributed by atoms with Crippen LogP contribution in [0.15, 0.2) is 0 Å². The Kier molecular flexibility index (Phi) is 26.2. The normalized spacial score (nSPS) is 13.6. The van der Waals surface area contributed by atoms with Gasteiger partial charge in [-0.05, 0) is 19.3 Å². The smallest absolute Gasteiger partial charge is 0.328 e. The molecule has 0 spiro atoms. The van der Waals surface area contributed by atoms with Gasteiger partial charge in [-0.1, -0.05) is 194 Å². The monoisotopic (exact) mass is 660 g/mol. The van der Waals surface area contributed by atoms with E-state index in [2.05, 4.69) is 20.8 Å². The highest BCUT2D eigenvalue weighted by Gasteiger charge is 2.67. The molecule has 0 saturated heterocycles. The van der Waals surface area contributed by atoms with Gasteiger partial charge in [-0.15, -0.1) is 0 Å². The summed E-state index contributed by atoms with van der Waals surface area (Å²) >= 11 is 0. The fraction of sp³-hybridized carbons (Fsp3) is 0.946. The molecule has 0 bridgehead atoms. The van der Waals surface area contributed by atoms with Gasteiger partial charge in [0.25, 0.3) is 10.1 Å². The molecule has 0 saturated carbocycles. The molecule has 3 N–H and O–H groups in total. The zero-order chi connectivity index (χ0) is 33.9. The summed E-state index contributed by atoms with van der Waals surface area (Å²) in [6.45, 7) is 6.54. The lowest BCUT2D eigenvalue weighted by molar-refractivity contribution is -0.162. The summed E-state index contributed by atoms with van der Waals surface area (Å²) in [5.74, 6) is -3.13. The highest BCUT2D eigenvalue weighted by atomic mass is 32.2. The highest BCUT2D eigenvalue weighted by Crippen LogP contribution is 2.50. The predicted octanol–water partition coefficient (Wildman–Crippen LogP) is 11.5. The van der Waals surface area contributed by atoms with Crippen LogP contribution in [0.5, 0.6) is 0 Å². The minimum Gasteiger partial charge on any atom is -0.481 e. The molecule has 0 heterocycles. The molecule has 0 aliphatic heterocycles. The molecule has 0 amide bonds. The lowest BCUT2D eigenvalue weighted by atomic mass is 9.65. The molecule has 45 heavy (non-hydrogen) atoms. The Bertz CT molecular complexity index is 820. The average molecular weight is 661 g/mol. The third-order valence-corrected chi connectivity index (χ3v) is 11.7. The summed E-state index contributed by atoms with van der Waals surface area (Å²) in [6, 6.07) is 0. The van der Waals surface area contributed by atoms with Crippen molar-refractivity contribution >= 4 is 22.1 Å². The molecule has 268 valence electrons. The molecular formula is C37H72O7S. The quantitative estimate of drug-likeness (QED) is 0.0462. The van der Waals surface area contributed by atoms with Gasteiger partial charge in [0.05, 0.1) is 0 Å². The molecule has 0 aliphatic rings. The van der Waals surface area contributed by atoms with E-state index in [-0.39, 0.29) is 25.7 Å². The van der Waals surface area contributed by atoms with Crippen molar-refractivity contribution in [2.45, 2.75) is 218 Å². The second kappa shape index (κ2) is 26.9. The zero-order valence-electron chi connectivity index (χ0n) is 29.6. The van der Waals surface area contributed by atoms with E-state index in [1.165, 1.54) is 70.6 Å². The third kappa shape index (κ3) is 17.0. The number of hydrogen-bond donors (Lipinski definition) is 3. The number of carboxylic acids is 2. The average Bonchev–Trinajstić information content (AvgIpc) is 2.98.